The minimum atomic E-state index is -1.07. The summed E-state index contributed by atoms with van der Waals surface area (Å²) in [6.07, 6.45) is -1.07. The van der Waals surface area contributed by atoms with Crippen LogP contribution in [-0.4, -0.2) is 11.0 Å². The summed E-state index contributed by atoms with van der Waals surface area (Å²) < 4.78 is 0. The molecule has 0 saturated carbocycles. The Balaban J connectivity index is 2.60. The highest BCUT2D eigenvalue weighted by Gasteiger charge is 2.29. The van der Waals surface area contributed by atoms with E-state index in [1.54, 1.807) is 18.2 Å². The lowest BCUT2D eigenvalue weighted by molar-refractivity contribution is -0.123. The summed E-state index contributed by atoms with van der Waals surface area (Å²) in [4.78, 5) is 11.0. The molecule has 0 bridgehead atoms. The van der Waals surface area contributed by atoms with Gasteiger partial charge in [0.2, 0.25) is 0 Å². The van der Waals surface area contributed by atoms with E-state index in [0.717, 1.165) is 0 Å². The van der Waals surface area contributed by atoms with Gasteiger partial charge in [-0.2, -0.15) is 0 Å². The summed E-state index contributed by atoms with van der Waals surface area (Å²) in [5, 5.41) is 12.3. The zero-order valence-corrected chi connectivity index (χ0v) is 6.80. The third kappa shape index (κ3) is 0.906. The molecule has 3 nitrogen and oxygen atoms in total. The van der Waals surface area contributed by atoms with Crippen LogP contribution < -0.4 is 5.32 Å². The van der Waals surface area contributed by atoms with E-state index in [2.05, 4.69) is 5.32 Å². The van der Waals surface area contributed by atoms with E-state index in [-0.39, 0.29) is 0 Å². The Morgan fingerprint density at radius 3 is 2.92 bits per heavy atom. The second-order valence-electron chi connectivity index (χ2n) is 2.60. The van der Waals surface area contributed by atoms with Crippen LogP contribution in [-0.2, 0) is 4.79 Å². The summed E-state index contributed by atoms with van der Waals surface area (Å²) in [5.41, 5.74) is 1.07. The second kappa shape index (κ2) is 2.47. The van der Waals surface area contributed by atoms with Gasteiger partial charge in [-0.05, 0) is 6.07 Å². The van der Waals surface area contributed by atoms with Gasteiger partial charge in [0.1, 0.15) is 0 Å². The first-order chi connectivity index (χ1) is 5.70. The molecule has 2 rings (SSSR count). The van der Waals surface area contributed by atoms with E-state index < -0.39 is 12.0 Å². The third-order valence-corrected chi connectivity index (χ3v) is 2.15. The van der Waals surface area contributed by atoms with Crippen LogP contribution in [0.1, 0.15) is 11.7 Å². The second-order valence-corrected chi connectivity index (χ2v) is 3.00. The van der Waals surface area contributed by atoms with Gasteiger partial charge in [-0.25, -0.2) is 0 Å². The van der Waals surface area contributed by atoms with Crippen molar-refractivity contribution in [3.8, 4) is 0 Å². The normalized spacial score (nSPS) is 20.5. The number of aliphatic hydroxyl groups is 1. The lowest BCUT2D eigenvalue weighted by atomic mass is 10.1. The number of fused-ring (bicyclic) bond motifs is 1. The molecule has 0 unspecified atom stereocenters. The number of amides is 1. The molecule has 0 radical (unpaired) electrons. The van der Waals surface area contributed by atoms with Crippen molar-refractivity contribution in [2.75, 3.05) is 5.32 Å². The number of anilines is 1. The van der Waals surface area contributed by atoms with Gasteiger partial charge in [0.05, 0.1) is 10.7 Å². The maximum Gasteiger partial charge on any atom is 0.257 e. The average Bonchev–Trinajstić information content (AvgIpc) is 2.32. The Labute approximate surface area is 74.0 Å². The van der Waals surface area contributed by atoms with Crippen molar-refractivity contribution in [1.29, 1.82) is 0 Å². The number of aliphatic hydroxyl groups excluding tert-OH is 1. The van der Waals surface area contributed by atoms with Crippen LogP contribution in [0.3, 0.4) is 0 Å². The molecule has 0 aliphatic carbocycles. The summed E-state index contributed by atoms with van der Waals surface area (Å²) in [6.45, 7) is 0. The Hall–Kier alpha value is -1.06. The summed E-state index contributed by atoms with van der Waals surface area (Å²) >= 11 is 5.77. The van der Waals surface area contributed by atoms with Gasteiger partial charge in [0, 0.05) is 5.56 Å². The van der Waals surface area contributed by atoms with Crippen LogP contribution in [0.5, 0.6) is 0 Å². The van der Waals surface area contributed by atoms with Crippen molar-refractivity contribution in [2.24, 2.45) is 0 Å². The summed E-state index contributed by atoms with van der Waals surface area (Å²) in [7, 11) is 0. The van der Waals surface area contributed by atoms with Crippen molar-refractivity contribution in [3.05, 3.63) is 28.8 Å². The largest absolute Gasteiger partial charge is 0.378 e. The molecule has 1 atom stereocenters. The van der Waals surface area contributed by atoms with Crippen LogP contribution in [0, 0.1) is 0 Å². The number of halogens is 1. The molecule has 62 valence electrons. The molecule has 1 heterocycles. The number of carbonyl (C=O) groups is 1. The van der Waals surface area contributed by atoms with Crippen molar-refractivity contribution in [2.45, 2.75) is 6.10 Å². The monoisotopic (exact) mass is 183 g/mol. The third-order valence-electron chi connectivity index (χ3n) is 1.84. The maximum absolute atomic E-state index is 11.0. The van der Waals surface area contributed by atoms with E-state index >= 15 is 0 Å². The molecule has 1 aromatic rings. The van der Waals surface area contributed by atoms with Gasteiger partial charge in [0.25, 0.3) is 5.91 Å². The lowest BCUT2D eigenvalue weighted by Gasteiger charge is -1.99. The Morgan fingerprint density at radius 1 is 1.50 bits per heavy atom. The van der Waals surface area contributed by atoms with Gasteiger partial charge < -0.3 is 10.4 Å². The number of para-hydroxylation sites is 1. The minimum Gasteiger partial charge on any atom is -0.378 e. The molecule has 2 N–H and O–H groups in total. The van der Waals surface area contributed by atoms with Crippen molar-refractivity contribution in [3.63, 3.8) is 0 Å². The van der Waals surface area contributed by atoms with Gasteiger partial charge in [0.15, 0.2) is 6.10 Å². The average molecular weight is 184 g/mol. The minimum absolute atomic E-state index is 0.418. The highest BCUT2D eigenvalue weighted by atomic mass is 35.5. The van der Waals surface area contributed by atoms with Crippen molar-refractivity contribution in [1.82, 2.24) is 0 Å². The molecule has 0 aromatic heterocycles. The zero-order valence-electron chi connectivity index (χ0n) is 6.04. The van der Waals surface area contributed by atoms with Crippen LogP contribution >= 0.6 is 11.6 Å². The number of rotatable bonds is 0. The molecule has 1 aromatic carbocycles. The lowest BCUT2D eigenvalue weighted by Crippen LogP contribution is -2.10. The number of carbonyl (C=O) groups excluding carboxylic acids is 1. The van der Waals surface area contributed by atoms with E-state index in [0.29, 0.717) is 16.3 Å². The fourth-order valence-corrected chi connectivity index (χ4v) is 1.46. The van der Waals surface area contributed by atoms with Crippen molar-refractivity contribution >= 4 is 23.2 Å². The first kappa shape index (κ1) is 7.58. The fraction of sp³-hybridized carbons (Fsp3) is 0.125. The number of benzene rings is 1. The Bertz CT molecular complexity index is 351. The molecule has 0 saturated heterocycles. The summed E-state index contributed by atoms with van der Waals surface area (Å²) in [6, 6.07) is 5.03. The number of nitrogens with one attached hydrogen (secondary N) is 1. The van der Waals surface area contributed by atoms with Crippen LogP contribution in [0.2, 0.25) is 5.02 Å². The number of hydrogen-bond donors (Lipinski definition) is 2. The predicted octanol–water partition coefficient (Wildman–Crippen LogP) is 1.33. The van der Waals surface area contributed by atoms with Crippen LogP contribution in [0.25, 0.3) is 0 Å². The predicted molar refractivity (Wildman–Crippen MR) is 45.0 cm³/mol. The van der Waals surface area contributed by atoms with Gasteiger partial charge >= 0.3 is 0 Å². The van der Waals surface area contributed by atoms with Gasteiger partial charge in [-0.1, -0.05) is 23.7 Å². The summed E-state index contributed by atoms with van der Waals surface area (Å²) in [5.74, 6) is -0.418. The first-order valence-electron chi connectivity index (χ1n) is 3.47. The molecular formula is C8H6ClNO2. The van der Waals surface area contributed by atoms with Gasteiger partial charge in [-0.15, -0.1) is 0 Å². The first-order valence-corrected chi connectivity index (χ1v) is 3.85. The Kier molecular flexibility index (Phi) is 1.56. The molecule has 0 spiro atoms. The highest BCUT2D eigenvalue weighted by molar-refractivity contribution is 6.34. The molecule has 12 heavy (non-hydrogen) atoms. The topological polar surface area (TPSA) is 49.3 Å². The van der Waals surface area contributed by atoms with Crippen LogP contribution in [0.15, 0.2) is 18.2 Å². The molecule has 4 heteroatoms. The van der Waals surface area contributed by atoms with E-state index in [1.165, 1.54) is 0 Å². The standard InChI is InChI=1S/C8H6ClNO2/c9-5-3-1-2-4-6(5)10-8(12)7(4)11/h1-3,7,11H,(H,10,12)/t7-/m1/s1. The number of hydrogen-bond acceptors (Lipinski definition) is 2. The van der Waals surface area contributed by atoms with Crippen molar-refractivity contribution < 1.29 is 9.90 Å². The van der Waals surface area contributed by atoms with E-state index in [4.69, 9.17) is 11.6 Å². The van der Waals surface area contributed by atoms with Gasteiger partial charge in [-0.3, -0.25) is 4.79 Å². The molecule has 1 amide bonds. The Morgan fingerprint density at radius 2 is 2.25 bits per heavy atom. The molecule has 1 aliphatic rings. The highest BCUT2D eigenvalue weighted by Crippen LogP contribution is 2.35. The quantitative estimate of drug-likeness (QED) is 0.638. The zero-order chi connectivity index (χ0) is 8.72. The van der Waals surface area contributed by atoms with E-state index in [9.17, 15) is 9.90 Å². The maximum atomic E-state index is 11.0. The smallest absolute Gasteiger partial charge is 0.257 e. The van der Waals surface area contributed by atoms with E-state index in [1.807, 2.05) is 0 Å². The molecule has 0 fully saturated rings. The molecule has 1 aliphatic heterocycles. The molecular weight excluding hydrogens is 178 g/mol. The SMILES string of the molecule is O=C1Nc2c(Cl)cccc2[C@H]1O. The fourth-order valence-electron chi connectivity index (χ4n) is 1.23. The van der Waals surface area contributed by atoms with Crippen LogP contribution in [0.4, 0.5) is 5.69 Å².